The maximum Gasteiger partial charge on any atom is 0.403 e. The van der Waals surface area contributed by atoms with Crippen molar-refractivity contribution in [1.29, 1.82) is 0 Å². The van der Waals surface area contributed by atoms with Crippen molar-refractivity contribution in [2.75, 3.05) is 12.3 Å². The van der Waals surface area contributed by atoms with Gasteiger partial charge in [0, 0.05) is 5.75 Å². The van der Waals surface area contributed by atoms with E-state index in [1.807, 2.05) is 0 Å². The Morgan fingerprint density at radius 3 is 2.53 bits per heavy atom. The highest BCUT2D eigenvalue weighted by Gasteiger charge is 2.46. The molecule has 0 aromatic carbocycles. The van der Waals surface area contributed by atoms with Crippen molar-refractivity contribution >= 4 is 24.6 Å². The molecule has 1 aliphatic rings. The van der Waals surface area contributed by atoms with E-state index in [1.165, 1.54) is 0 Å². The van der Waals surface area contributed by atoms with Gasteiger partial charge in [0.1, 0.15) is 6.04 Å². The van der Waals surface area contributed by atoms with Crippen LogP contribution in [0.4, 0.5) is 13.2 Å². The summed E-state index contributed by atoms with van der Waals surface area (Å²) in [7, 11) is 0. The van der Waals surface area contributed by atoms with Gasteiger partial charge in [-0.05, 0) is 19.4 Å². The largest absolute Gasteiger partial charge is 0.403 e. The van der Waals surface area contributed by atoms with Crippen molar-refractivity contribution in [3.05, 3.63) is 0 Å². The summed E-state index contributed by atoms with van der Waals surface area (Å²) >= 11 is 3.43. The van der Waals surface area contributed by atoms with Crippen LogP contribution in [-0.4, -0.2) is 36.5 Å². The third kappa shape index (κ3) is 3.88. The van der Waals surface area contributed by atoms with E-state index in [4.69, 9.17) is 0 Å². The Morgan fingerprint density at radius 2 is 2.12 bits per heavy atom. The molecule has 0 saturated carbocycles. The van der Waals surface area contributed by atoms with Crippen LogP contribution < -0.4 is 5.32 Å². The van der Waals surface area contributed by atoms with Crippen LogP contribution in [0.5, 0.6) is 0 Å². The highest BCUT2D eigenvalue weighted by Crippen LogP contribution is 2.28. The van der Waals surface area contributed by atoms with Gasteiger partial charge in [0.15, 0.2) is 5.92 Å². The highest BCUT2D eigenvalue weighted by atomic mass is 32.1. The lowest BCUT2D eigenvalue weighted by Crippen LogP contribution is -2.39. The predicted molar refractivity (Wildman–Crippen MR) is 55.5 cm³/mol. The third-order valence-corrected chi connectivity index (χ3v) is 2.77. The zero-order chi connectivity index (χ0) is 13.1. The molecule has 1 unspecified atom stereocenters. The van der Waals surface area contributed by atoms with Gasteiger partial charge in [-0.1, -0.05) is 0 Å². The first-order valence-corrected chi connectivity index (χ1v) is 5.66. The molecular formula is C9H12F3NO3S. The van der Waals surface area contributed by atoms with Crippen molar-refractivity contribution in [3.63, 3.8) is 0 Å². The van der Waals surface area contributed by atoms with Gasteiger partial charge in [-0.25, -0.2) is 4.79 Å². The van der Waals surface area contributed by atoms with E-state index in [1.54, 1.807) is 0 Å². The molecule has 0 aromatic rings. The van der Waals surface area contributed by atoms with Crippen LogP contribution >= 0.6 is 12.6 Å². The van der Waals surface area contributed by atoms with Gasteiger partial charge in [0.05, 0.1) is 0 Å². The molecule has 0 radical (unpaired) electrons. The van der Waals surface area contributed by atoms with E-state index in [-0.39, 0.29) is 0 Å². The Morgan fingerprint density at radius 1 is 1.47 bits per heavy atom. The molecule has 2 atom stereocenters. The zero-order valence-corrected chi connectivity index (χ0v) is 9.68. The Balaban J connectivity index is 2.55. The summed E-state index contributed by atoms with van der Waals surface area (Å²) in [5, 5.41) is 2.73. The van der Waals surface area contributed by atoms with Crippen LogP contribution in [0, 0.1) is 5.92 Å². The van der Waals surface area contributed by atoms with Gasteiger partial charge in [-0.3, -0.25) is 4.79 Å². The van der Waals surface area contributed by atoms with E-state index in [2.05, 4.69) is 22.7 Å². The van der Waals surface area contributed by atoms with Crippen molar-refractivity contribution in [3.8, 4) is 0 Å². The number of nitrogens with one attached hydrogen (secondary N) is 1. The Kier molecular flexibility index (Phi) is 4.81. The number of rotatable bonds is 3. The molecule has 1 rings (SSSR count). The lowest BCUT2D eigenvalue weighted by atomic mass is 10.2. The molecular weight excluding hydrogens is 259 g/mol. The molecule has 0 amide bonds. The van der Waals surface area contributed by atoms with Gasteiger partial charge < -0.3 is 10.1 Å². The first kappa shape index (κ1) is 14.3. The topological polar surface area (TPSA) is 55.4 Å². The fourth-order valence-corrected chi connectivity index (χ4v) is 1.79. The summed E-state index contributed by atoms with van der Waals surface area (Å²) in [6.45, 7) is 0.587. The number of esters is 2. The van der Waals surface area contributed by atoms with E-state index < -0.39 is 35.8 Å². The number of carbonyl (C=O) groups excluding carboxylic acids is 2. The SMILES string of the molecule is O=C(OC(=O)[C@@H]1CCCN1)C(CS)C(F)(F)F. The van der Waals surface area contributed by atoms with E-state index in [9.17, 15) is 22.8 Å². The molecule has 4 nitrogen and oxygen atoms in total. The van der Waals surface area contributed by atoms with Gasteiger partial charge in [0.25, 0.3) is 0 Å². The second-order valence-corrected chi connectivity index (χ2v) is 4.03. The molecule has 0 aromatic heterocycles. The van der Waals surface area contributed by atoms with Crippen molar-refractivity contribution in [2.45, 2.75) is 25.1 Å². The summed E-state index contributed by atoms with van der Waals surface area (Å²) in [6.07, 6.45) is -3.56. The summed E-state index contributed by atoms with van der Waals surface area (Å²) in [4.78, 5) is 22.5. The summed E-state index contributed by atoms with van der Waals surface area (Å²) in [5.74, 6) is -5.65. The van der Waals surface area contributed by atoms with Crippen LogP contribution in [-0.2, 0) is 14.3 Å². The lowest BCUT2D eigenvalue weighted by Gasteiger charge is -2.17. The second-order valence-electron chi connectivity index (χ2n) is 3.67. The number of carbonyl (C=O) groups is 2. The van der Waals surface area contributed by atoms with Gasteiger partial charge in [-0.2, -0.15) is 25.8 Å². The average Bonchev–Trinajstić information content (AvgIpc) is 2.68. The Bertz CT molecular complexity index is 302. The molecule has 1 fully saturated rings. The fourth-order valence-electron chi connectivity index (χ4n) is 1.44. The van der Waals surface area contributed by atoms with Gasteiger partial charge in [-0.15, -0.1) is 0 Å². The van der Waals surface area contributed by atoms with E-state index >= 15 is 0 Å². The standard InChI is InChI=1S/C9H12F3NO3S/c10-9(11,12)5(4-17)7(14)16-8(15)6-2-1-3-13-6/h5-6,13,17H,1-4H2/t5?,6-/m0/s1. The van der Waals surface area contributed by atoms with Crippen LogP contribution in [0.15, 0.2) is 0 Å². The Hall–Kier alpha value is -0.760. The summed E-state index contributed by atoms with van der Waals surface area (Å²) < 4.78 is 41.2. The number of thiol groups is 1. The molecule has 0 aliphatic carbocycles. The first-order chi connectivity index (χ1) is 7.86. The fraction of sp³-hybridized carbons (Fsp3) is 0.778. The maximum atomic E-state index is 12.3. The second kappa shape index (κ2) is 5.72. The molecule has 0 bridgehead atoms. The highest BCUT2D eigenvalue weighted by molar-refractivity contribution is 7.80. The molecule has 8 heteroatoms. The molecule has 1 saturated heterocycles. The van der Waals surface area contributed by atoms with Crippen LogP contribution in [0.2, 0.25) is 0 Å². The number of halogens is 3. The maximum absolute atomic E-state index is 12.3. The third-order valence-electron chi connectivity index (χ3n) is 2.41. The monoisotopic (exact) mass is 271 g/mol. The molecule has 98 valence electrons. The quantitative estimate of drug-likeness (QED) is 0.455. The van der Waals surface area contributed by atoms with Crippen LogP contribution in [0.3, 0.4) is 0 Å². The van der Waals surface area contributed by atoms with Crippen molar-refractivity contribution < 1.29 is 27.5 Å². The van der Waals surface area contributed by atoms with Gasteiger partial charge >= 0.3 is 18.1 Å². The predicted octanol–water partition coefficient (Wildman–Crippen LogP) is 0.916. The molecule has 17 heavy (non-hydrogen) atoms. The smallest absolute Gasteiger partial charge is 0.391 e. The van der Waals surface area contributed by atoms with Crippen molar-refractivity contribution in [2.24, 2.45) is 5.92 Å². The van der Waals surface area contributed by atoms with Crippen LogP contribution in [0.25, 0.3) is 0 Å². The minimum Gasteiger partial charge on any atom is -0.391 e. The lowest BCUT2D eigenvalue weighted by molar-refractivity contribution is -0.194. The summed E-state index contributed by atoms with van der Waals surface area (Å²) in [5.41, 5.74) is 0. The normalized spacial score (nSPS) is 22.2. The Labute approximate surface area is 101 Å². The number of hydrogen-bond acceptors (Lipinski definition) is 5. The molecule has 0 spiro atoms. The first-order valence-electron chi connectivity index (χ1n) is 5.02. The van der Waals surface area contributed by atoms with E-state index in [0.29, 0.717) is 13.0 Å². The molecule has 1 heterocycles. The summed E-state index contributed by atoms with van der Waals surface area (Å²) in [6, 6.07) is -0.687. The van der Waals surface area contributed by atoms with E-state index in [0.717, 1.165) is 6.42 Å². The number of alkyl halides is 3. The van der Waals surface area contributed by atoms with Crippen LogP contribution in [0.1, 0.15) is 12.8 Å². The molecule has 1 N–H and O–H groups in total. The zero-order valence-electron chi connectivity index (χ0n) is 8.79. The van der Waals surface area contributed by atoms with Crippen molar-refractivity contribution in [1.82, 2.24) is 5.32 Å². The minimum atomic E-state index is -4.75. The minimum absolute atomic E-state index is 0.462. The number of hydrogen-bond donors (Lipinski definition) is 2. The molecule has 1 aliphatic heterocycles. The van der Waals surface area contributed by atoms with Gasteiger partial charge in [0.2, 0.25) is 0 Å². The number of ether oxygens (including phenoxy) is 1. The average molecular weight is 271 g/mol.